The Bertz CT molecular complexity index is 689. The summed E-state index contributed by atoms with van der Waals surface area (Å²) in [6.07, 6.45) is -0.589. The number of fused-ring (bicyclic) bond motifs is 1. The quantitative estimate of drug-likeness (QED) is 0.901. The first kappa shape index (κ1) is 14.5. The van der Waals surface area contributed by atoms with Gasteiger partial charge >= 0.3 is 0 Å². The van der Waals surface area contributed by atoms with E-state index >= 15 is 0 Å². The van der Waals surface area contributed by atoms with Crippen molar-refractivity contribution in [3.05, 3.63) is 36.0 Å². The average Bonchev–Trinajstić information content (AvgIpc) is 3.04. The summed E-state index contributed by atoms with van der Waals surface area (Å²) < 4.78 is 17.4. The molecule has 0 aliphatic carbocycles. The number of hydrogen-bond acceptors (Lipinski definition) is 7. The standard InChI is InChI=1S/C16H20N4O3/c1-10-14(22-13-6-4-3-5-12(13)21-10)16-18-15(19-23-16)11-9-17-7-8-20(11)2/h3-6,10-11,14,17H,7-9H2,1-2H3. The van der Waals surface area contributed by atoms with E-state index in [-0.39, 0.29) is 12.1 Å². The van der Waals surface area contributed by atoms with Gasteiger partial charge < -0.3 is 19.3 Å². The number of nitrogens with one attached hydrogen (secondary N) is 1. The van der Waals surface area contributed by atoms with Gasteiger partial charge in [-0.25, -0.2) is 0 Å². The van der Waals surface area contributed by atoms with Gasteiger partial charge in [-0.1, -0.05) is 17.3 Å². The minimum atomic E-state index is -0.395. The number of nitrogens with zero attached hydrogens (tertiary/aromatic N) is 3. The minimum Gasteiger partial charge on any atom is -0.482 e. The van der Waals surface area contributed by atoms with Crippen LogP contribution in [0.1, 0.15) is 30.8 Å². The van der Waals surface area contributed by atoms with Gasteiger partial charge in [-0.15, -0.1) is 0 Å². The first-order valence-electron chi connectivity index (χ1n) is 7.89. The van der Waals surface area contributed by atoms with Crippen LogP contribution in [0.2, 0.25) is 0 Å². The van der Waals surface area contributed by atoms with Crippen molar-refractivity contribution in [2.45, 2.75) is 25.2 Å². The van der Waals surface area contributed by atoms with Crippen molar-refractivity contribution in [3.8, 4) is 11.5 Å². The number of piperazine rings is 1. The van der Waals surface area contributed by atoms with Crippen molar-refractivity contribution in [2.24, 2.45) is 0 Å². The number of ether oxygens (including phenoxy) is 2. The van der Waals surface area contributed by atoms with Crippen molar-refractivity contribution in [1.29, 1.82) is 0 Å². The van der Waals surface area contributed by atoms with E-state index in [9.17, 15) is 0 Å². The Hall–Kier alpha value is -2.12. The number of para-hydroxylation sites is 2. The number of hydrogen-bond donors (Lipinski definition) is 1. The molecule has 1 saturated heterocycles. The van der Waals surface area contributed by atoms with Crippen molar-refractivity contribution in [3.63, 3.8) is 0 Å². The van der Waals surface area contributed by atoms with Crippen LogP contribution in [0.5, 0.6) is 11.5 Å². The molecular weight excluding hydrogens is 296 g/mol. The Labute approximate surface area is 134 Å². The molecule has 7 nitrogen and oxygen atoms in total. The van der Waals surface area contributed by atoms with Crippen LogP contribution in [0.4, 0.5) is 0 Å². The third kappa shape index (κ3) is 2.66. The molecule has 3 unspecified atom stereocenters. The third-order valence-electron chi connectivity index (χ3n) is 4.35. The normalized spacial score (nSPS) is 27.8. The topological polar surface area (TPSA) is 72.7 Å². The van der Waals surface area contributed by atoms with Crippen LogP contribution in [-0.2, 0) is 0 Å². The minimum absolute atomic E-state index is 0.119. The van der Waals surface area contributed by atoms with Gasteiger partial charge in [0.2, 0.25) is 6.10 Å². The van der Waals surface area contributed by atoms with Crippen LogP contribution in [0, 0.1) is 0 Å². The van der Waals surface area contributed by atoms with Gasteiger partial charge in [-0.05, 0) is 26.1 Å². The molecule has 2 aliphatic rings. The van der Waals surface area contributed by atoms with Gasteiger partial charge in [0.15, 0.2) is 17.3 Å². The molecule has 3 atom stereocenters. The summed E-state index contributed by atoms with van der Waals surface area (Å²) in [7, 11) is 2.07. The number of aromatic nitrogens is 2. The summed E-state index contributed by atoms with van der Waals surface area (Å²) in [6.45, 7) is 4.70. The lowest BCUT2D eigenvalue weighted by molar-refractivity contribution is 0.0116. The Kier molecular flexibility index (Phi) is 3.66. The molecule has 122 valence electrons. The molecule has 1 aromatic carbocycles. The molecule has 0 saturated carbocycles. The fourth-order valence-corrected chi connectivity index (χ4v) is 2.98. The van der Waals surface area contributed by atoms with Gasteiger partial charge in [0, 0.05) is 19.6 Å². The van der Waals surface area contributed by atoms with Gasteiger partial charge in [0.05, 0.1) is 6.04 Å². The van der Waals surface area contributed by atoms with Crippen molar-refractivity contribution in [2.75, 3.05) is 26.7 Å². The summed E-state index contributed by atoms with van der Waals surface area (Å²) in [5.41, 5.74) is 0. The molecule has 2 aromatic rings. The smallest absolute Gasteiger partial charge is 0.271 e. The Morgan fingerprint density at radius 1 is 1.22 bits per heavy atom. The lowest BCUT2D eigenvalue weighted by Gasteiger charge is -2.31. The average molecular weight is 316 g/mol. The molecule has 7 heteroatoms. The monoisotopic (exact) mass is 316 g/mol. The molecule has 4 rings (SSSR count). The fourth-order valence-electron chi connectivity index (χ4n) is 2.98. The largest absolute Gasteiger partial charge is 0.482 e. The second kappa shape index (κ2) is 5.82. The fraction of sp³-hybridized carbons (Fsp3) is 0.500. The molecule has 2 aliphatic heterocycles. The third-order valence-corrected chi connectivity index (χ3v) is 4.35. The van der Waals surface area contributed by atoms with E-state index in [1.165, 1.54) is 0 Å². The Balaban J connectivity index is 1.57. The van der Waals surface area contributed by atoms with E-state index in [1.807, 2.05) is 31.2 Å². The van der Waals surface area contributed by atoms with Crippen LogP contribution in [0.25, 0.3) is 0 Å². The first-order chi connectivity index (χ1) is 11.2. The SMILES string of the molecule is CC1Oc2ccccc2OC1c1nc(C2CNCCN2C)no1. The maximum atomic E-state index is 6.01. The van der Waals surface area contributed by atoms with Crippen LogP contribution in [-0.4, -0.2) is 47.8 Å². The molecule has 0 amide bonds. The summed E-state index contributed by atoms with van der Waals surface area (Å²) in [5, 5.41) is 7.51. The highest BCUT2D eigenvalue weighted by Crippen LogP contribution is 2.38. The zero-order valence-corrected chi connectivity index (χ0v) is 13.2. The van der Waals surface area contributed by atoms with Gasteiger partial charge in [0.25, 0.3) is 5.89 Å². The van der Waals surface area contributed by atoms with E-state index in [0.717, 1.165) is 25.4 Å². The lowest BCUT2D eigenvalue weighted by Crippen LogP contribution is -2.44. The first-order valence-corrected chi connectivity index (χ1v) is 7.89. The molecule has 0 bridgehead atoms. The second-order valence-corrected chi connectivity index (χ2v) is 6.00. The highest BCUT2D eigenvalue weighted by molar-refractivity contribution is 5.41. The van der Waals surface area contributed by atoms with Crippen LogP contribution < -0.4 is 14.8 Å². The Morgan fingerprint density at radius 3 is 2.78 bits per heavy atom. The predicted octanol–water partition coefficient (Wildman–Crippen LogP) is 1.55. The van der Waals surface area contributed by atoms with Gasteiger partial charge in [-0.2, -0.15) is 4.98 Å². The lowest BCUT2D eigenvalue weighted by atomic mass is 10.1. The number of rotatable bonds is 2. The van der Waals surface area contributed by atoms with Crippen LogP contribution in [0.15, 0.2) is 28.8 Å². The highest BCUT2D eigenvalue weighted by atomic mass is 16.6. The van der Waals surface area contributed by atoms with Crippen LogP contribution >= 0.6 is 0 Å². The molecular formula is C16H20N4O3. The number of benzene rings is 1. The zero-order chi connectivity index (χ0) is 15.8. The molecule has 1 N–H and O–H groups in total. The summed E-state index contributed by atoms with van der Waals surface area (Å²) in [5.74, 6) is 2.59. The van der Waals surface area contributed by atoms with E-state index in [1.54, 1.807) is 0 Å². The number of likely N-dealkylation sites (N-methyl/N-ethyl adjacent to an activating group) is 1. The van der Waals surface area contributed by atoms with E-state index in [2.05, 4.69) is 27.4 Å². The van der Waals surface area contributed by atoms with Crippen molar-refractivity contribution >= 4 is 0 Å². The maximum Gasteiger partial charge on any atom is 0.271 e. The van der Waals surface area contributed by atoms with Crippen LogP contribution in [0.3, 0.4) is 0 Å². The summed E-state index contributed by atoms with van der Waals surface area (Å²) in [6, 6.07) is 7.73. The molecule has 0 radical (unpaired) electrons. The maximum absolute atomic E-state index is 6.01. The second-order valence-electron chi connectivity index (χ2n) is 6.00. The van der Waals surface area contributed by atoms with Gasteiger partial charge in [0.1, 0.15) is 6.10 Å². The molecule has 0 spiro atoms. The van der Waals surface area contributed by atoms with Gasteiger partial charge in [-0.3, -0.25) is 4.90 Å². The molecule has 3 heterocycles. The van der Waals surface area contributed by atoms with E-state index < -0.39 is 6.10 Å². The Morgan fingerprint density at radius 2 is 2.00 bits per heavy atom. The van der Waals surface area contributed by atoms with Crippen molar-refractivity contribution < 1.29 is 14.0 Å². The van der Waals surface area contributed by atoms with E-state index in [4.69, 9.17) is 14.0 Å². The predicted molar refractivity (Wildman–Crippen MR) is 82.4 cm³/mol. The highest BCUT2D eigenvalue weighted by Gasteiger charge is 2.35. The summed E-state index contributed by atoms with van der Waals surface area (Å²) in [4.78, 5) is 6.79. The molecule has 1 fully saturated rings. The van der Waals surface area contributed by atoms with Crippen molar-refractivity contribution in [1.82, 2.24) is 20.4 Å². The zero-order valence-electron chi connectivity index (χ0n) is 13.2. The molecule has 23 heavy (non-hydrogen) atoms. The summed E-state index contributed by atoms with van der Waals surface area (Å²) >= 11 is 0. The van der Waals surface area contributed by atoms with E-state index in [0.29, 0.717) is 17.5 Å². The molecule has 1 aromatic heterocycles.